The average Bonchev–Trinajstić information content (AvgIpc) is 2.23. The van der Waals surface area contributed by atoms with Crippen molar-refractivity contribution in [3.63, 3.8) is 0 Å². The molecule has 14 heavy (non-hydrogen) atoms. The fourth-order valence-electron chi connectivity index (χ4n) is 1.52. The zero-order valence-electron chi connectivity index (χ0n) is 7.58. The molecule has 0 amide bonds. The summed E-state index contributed by atoms with van der Waals surface area (Å²) >= 11 is 3.46. The van der Waals surface area contributed by atoms with Crippen LogP contribution >= 0.6 is 15.9 Å². The molecule has 0 bridgehead atoms. The summed E-state index contributed by atoms with van der Waals surface area (Å²) < 4.78 is 0.997. The van der Waals surface area contributed by atoms with Gasteiger partial charge in [0.15, 0.2) is 0 Å². The van der Waals surface area contributed by atoms with E-state index in [1.807, 2.05) is 25.1 Å². The number of pyridine rings is 1. The van der Waals surface area contributed by atoms with E-state index < -0.39 is 0 Å². The molecule has 68 valence electrons. The minimum Gasteiger partial charge on any atom is -0.245 e. The van der Waals surface area contributed by atoms with Crippen molar-refractivity contribution in [2.75, 3.05) is 0 Å². The van der Waals surface area contributed by atoms with Gasteiger partial charge in [0.05, 0.1) is 0 Å². The van der Waals surface area contributed by atoms with Crippen LogP contribution in [0.1, 0.15) is 11.3 Å². The third-order valence-electron chi connectivity index (χ3n) is 2.19. The molecule has 0 saturated heterocycles. The first-order chi connectivity index (χ1) is 6.74. The monoisotopic (exact) mass is 246 g/mol. The second-order valence-corrected chi connectivity index (χ2v) is 3.91. The molecule has 2 nitrogen and oxygen atoms in total. The largest absolute Gasteiger partial charge is 0.245 e. The number of fused-ring (bicyclic) bond motifs is 1. The molecule has 0 fully saturated rings. The van der Waals surface area contributed by atoms with E-state index in [1.54, 1.807) is 6.20 Å². The summed E-state index contributed by atoms with van der Waals surface area (Å²) in [4.78, 5) is 4.05. The summed E-state index contributed by atoms with van der Waals surface area (Å²) in [6, 6.07) is 7.98. The van der Waals surface area contributed by atoms with Crippen molar-refractivity contribution < 1.29 is 0 Å². The Morgan fingerprint density at radius 3 is 2.86 bits per heavy atom. The van der Waals surface area contributed by atoms with Gasteiger partial charge in [0, 0.05) is 21.4 Å². The highest BCUT2D eigenvalue weighted by Gasteiger charge is 2.06. The molecule has 0 atom stereocenters. The van der Waals surface area contributed by atoms with Gasteiger partial charge in [-0.3, -0.25) is 0 Å². The fourth-order valence-corrected chi connectivity index (χ4v) is 1.98. The zero-order valence-corrected chi connectivity index (χ0v) is 9.17. The van der Waals surface area contributed by atoms with Crippen LogP contribution in [0.3, 0.4) is 0 Å². The predicted octanol–water partition coefficient (Wildman–Crippen LogP) is 3.18. The van der Waals surface area contributed by atoms with Gasteiger partial charge in [0.1, 0.15) is 11.8 Å². The van der Waals surface area contributed by atoms with Crippen LogP contribution in [0.2, 0.25) is 0 Å². The smallest absolute Gasteiger partial charge is 0.148 e. The van der Waals surface area contributed by atoms with Crippen molar-refractivity contribution >= 4 is 26.7 Å². The number of hydrogen-bond donors (Lipinski definition) is 0. The van der Waals surface area contributed by atoms with Crippen molar-refractivity contribution in [2.24, 2.45) is 0 Å². The zero-order chi connectivity index (χ0) is 10.1. The lowest BCUT2D eigenvalue weighted by atomic mass is 10.1. The Morgan fingerprint density at radius 2 is 2.14 bits per heavy atom. The van der Waals surface area contributed by atoms with Gasteiger partial charge in [-0.2, -0.15) is 5.26 Å². The number of aromatic nitrogens is 1. The highest BCUT2D eigenvalue weighted by Crippen LogP contribution is 2.27. The third kappa shape index (κ3) is 1.28. The Balaban J connectivity index is 3.01. The van der Waals surface area contributed by atoms with Crippen molar-refractivity contribution in [3.8, 4) is 6.07 Å². The molecule has 2 rings (SSSR count). The van der Waals surface area contributed by atoms with Gasteiger partial charge >= 0.3 is 0 Å². The first kappa shape index (κ1) is 9.17. The Morgan fingerprint density at radius 1 is 1.36 bits per heavy atom. The summed E-state index contributed by atoms with van der Waals surface area (Å²) in [5.41, 5.74) is 1.56. The van der Waals surface area contributed by atoms with Crippen molar-refractivity contribution in [3.05, 3.63) is 40.1 Å². The maximum absolute atomic E-state index is 8.92. The van der Waals surface area contributed by atoms with Crippen LogP contribution in [-0.4, -0.2) is 4.98 Å². The van der Waals surface area contributed by atoms with Gasteiger partial charge in [-0.15, -0.1) is 0 Å². The fraction of sp³-hybridized carbons (Fsp3) is 0.0909. The molecular formula is C11H7BrN2. The van der Waals surface area contributed by atoms with Crippen LogP contribution in [0.25, 0.3) is 10.8 Å². The van der Waals surface area contributed by atoms with E-state index in [-0.39, 0.29) is 0 Å². The number of aryl methyl sites for hydroxylation is 1. The second-order valence-electron chi connectivity index (χ2n) is 3.06. The molecule has 1 heterocycles. The molecule has 0 unspecified atom stereocenters. The number of rotatable bonds is 0. The molecule has 0 aliphatic rings. The Bertz CT molecular complexity index is 541. The first-order valence-corrected chi connectivity index (χ1v) is 4.97. The number of benzene rings is 1. The molecule has 1 aromatic heterocycles. The second kappa shape index (κ2) is 3.39. The van der Waals surface area contributed by atoms with Gasteiger partial charge in [-0.25, -0.2) is 4.98 Å². The van der Waals surface area contributed by atoms with E-state index in [0.29, 0.717) is 5.69 Å². The first-order valence-electron chi connectivity index (χ1n) is 4.18. The predicted molar refractivity (Wildman–Crippen MR) is 58.9 cm³/mol. The lowest BCUT2D eigenvalue weighted by molar-refractivity contribution is 1.28. The van der Waals surface area contributed by atoms with E-state index in [2.05, 4.69) is 27.0 Å². The highest BCUT2D eigenvalue weighted by molar-refractivity contribution is 9.10. The van der Waals surface area contributed by atoms with Crippen LogP contribution in [0.4, 0.5) is 0 Å². The van der Waals surface area contributed by atoms with Gasteiger partial charge in [0.2, 0.25) is 0 Å². The lowest BCUT2D eigenvalue weighted by Gasteiger charge is -2.04. The van der Waals surface area contributed by atoms with Crippen molar-refractivity contribution in [1.29, 1.82) is 5.26 Å². The summed E-state index contributed by atoms with van der Waals surface area (Å²) in [5.74, 6) is 0. The van der Waals surface area contributed by atoms with Crippen LogP contribution in [0.5, 0.6) is 0 Å². The molecule has 1 aromatic carbocycles. The number of hydrogen-bond acceptors (Lipinski definition) is 2. The van der Waals surface area contributed by atoms with Crippen LogP contribution in [-0.2, 0) is 0 Å². The molecular weight excluding hydrogens is 240 g/mol. The van der Waals surface area contributed by atoms with Gasteiger partial charge in [-0.1, -0.05) is 22.0 Å². The molecule has 0 spiro atoms. The van der Waals surface area contributed by atoms with E-state index >= 15 is 0 Å². The Hall–Kier alpha value is -1.40. The number of halogens is 1. The molecule has 0 N–H and O–H groups in total. The molecule has 0 aliphatic carbocycles. The van der Waals surface area contributed by atoms with Crippen LogP contribution < -0.4 is 0 Å². The SMILES string of the molecule is Cc1ccc(Br)c2ccnc(C#N)c12. The van der Waals surface area contributed by atoms with E-state index in [4.69, 9.17) is 5.26 Å². The average molecular weight is 247 g/mol. The number of nitrogens with zero attached hydrogens (tertiary/aromatic N) is 2. The van der Waals surface area contributed by atoms with Crippen LogP contribution in [0, 0.1) is 18.3 Å². The maximum Gasteiger partial charge on any atom is 0.148 e. The van der Waals surface area contributed by atoms with E-state index in [9.17, 15) is 0 Å². The van der Waals surface area contributed by atoms with E-state index in [1.165, 1.54) is 0 Å². The Labute approximate surface area is 90.3 Å². The van der Waals surface area contributed by atoms with Crippen LogP contribution in [0.15, 0.2) is 28.9 Å². The summed E-state index contributed by atoms with van der Waals surface area (Å²) in [6.45, 7) is 1.98. The minimum atomic E-state index is 0.487. The van der Waals surface area contributed by atoms with Gasteiger partial charge < -0.3 is 0 Å². The molecule has 0 saturated carbocycles. The Kier molecular flexibility index (Phi) is 2.22. The topological polar surface area (TPSA) is 36.7 Å². The van der Waals surface area contributed by atoms with E-state index in [0.717, 1.165) is 20.8 Å². The quantitative estimate of drug-likeness (QED) is 0.716. The summed E-state index contributed by atoms with van der Waals surface area (Å²) in [7, 11) is 0. The third-order valence-corrected chi connectivity index (χ3v) is 2.88. The molecule has 0 radical (unpaired) electrons. The highest BCUT2D eigenvalue weighted by atomic mass is 79.9. The van der Waals surface area contributed by atoms with Crippen molar-refractivity contribution in [2.45, 2.75) is 6.92 Å². The standard InChI is InChI=1S/C11H7BrN2/c1-7-2-3-9(12)8-4-5-14-10(6-13)11(7)8/h2-5H,1H3. The molecule has 2 aromatic rings. The minimum absolute atomic E-state index is 0.487. The number of nitriles is 1. The summed E-state index contributed by atoms with van der Waals surface area (Å²) in [5, 5.41) is 10.9. The van der Waals surface area contributed by atoms with Crippen molar-refractivity contribution in [1.82, 2.24) is 4.98 Å². The van der Waals surface area contributed by atoms with Gasteiger partial charge in [0.25, 0.3) is 0 Å². The normalized spacial score (nSPS) is 10.1. The molecule has 0 aliphatic heterocycles. The maximum atomic E-state index is 8.92. The molecule has 3 heteroatoms. The summed E-state index contributed by atoms with van der Waals surface area (Å²) in [6.07, 6.45) is 1.66. The van der Waals surface area contributed by atoms with Gasteiger partial charge in [-0.05, 0) is 24.6 Å². The lowest BCUT2D eigenvalue weighted by Crippen LogP contribution is -1.88.